The number of nitrogens with two attached hydrogens (primary N) is 1. The van der Waals surface area contributed by atoms with Crippen LogP contribution in [0.25, 0.3) is 27.8 Å². The maximum absolute atomic E-state index is 14.1. The van der Waals surface area contributed by atoms with E-state index >= 15 is 0 Å². The van der Waals surface area contributed by atoms with E-state index in [9.17, 15) is 9.18 Å². The molecule has 3 aromatic heterocycles. The summed E-state index contributed by atoms with van der Waals surface area (Å²) >= 11 is 8.08. The second-order valence-corrected chi connectivity index (χ2v) is 7.27. The largest absolute Gasteiger partial charge is 0.396 e. The van der Waals surface area contributed by atoms with Gasteiger partial charge in [-0.05, 0) is 40.5 Å². The van der Waals surface area contributed by atoms with Gasteiger partial charge in [-0.3, -0.25) is 4.79 Å². The van der Waals surface area contributed by atoms with Crippen molar-refractivity contribution >= 4 is 50.5 Å². The zero-order valence-corrected chi connectivity index (χ0v) is 19.1. The Morgan fingerprint density at radius 2 is 1.94 bits per heavy atom. The van der Waals surface area contributed by atoms with Crippen LogP contribution >= 0.6 is 27.5 Å². The van der Waals surface area contributed by atoms with Gasteiger partial charge in [0.15, 0.2) is 12.4 Å². The topological polar surface area (TPSA) is 99.5 Å². The number of nitrogen functional groups attached to an aromatic ring is 1. The number of pyridine rings is 3. The van der Waals surface area contributed by atoms with Crippen LogP contribution in [0.15, 0.2) is 58.2 Å². The predicted molar refractivity (Wildman–Crippen MR) is 126 cm³/mol. The van der Waals surface area contributed by atoms with Crippen molar-refractivity contribution in [3.8, 4) is 16.8 Å². The fraction of sp³-hybridized carbons (Fsp3) is 0.0909. The van der Waals surface area contributed by atoms with Crippen LogP contribution in [0.1, 0.15) is 11.1 Å². The number of aryl methyl sites for hydroxylation is 1. The van der Waals surface area contributed by atoms with Crippen molar-refractivity contribution in [2.75, 3.05) is 12.1 Å². The summed E-state index contributed by atoms with van der Waals surface area (Å²) in [5.41, 5.74) is 8.70. The molecule has 3 heterocycles. The highest BCUT2D eigenvalue weighted by Gasteiger charge is 2.26. The maximum Gasteiger partial charge on any atom is 0.321 e. The van der Waals surface area contributed by atoms with Gasteiger partial charge in [-0.1, -0.05) is 12.1 Å². The zero-order chi connectivity index (χ0) is 22.7. The fourth-order valence-electron chi connectivity index (χ4n) is 3.32. The Morgan fingerprint density at radius 3 is 2.58 bits per heavy atom. The van der Waals surface area contributed by atoms with Crippen LogP contribution in [-0.4, -0.2) is 22.6 Å². The quantitative estimate of drug-likeness (QED) is 0.126. The number of rotatable bonds is 3. The summed E-state index contributed by atoms with van der Waals surface area (Å²) in [5, 5.41) is 7.79. The lowest BCUT2D eigenvalue weighted by molar-refractivity contribution is -0.596. The molecule has 0 unspecified atom stereocenters. The van der Waals surface area contributed by atoms with Gasteiger partial charge in [-0.2, -0.15) is 4.57 Å². The molecule has 0 aliphatic carbocycles. The van der Waals surface area contributed by atoms with E-state index < -0.39 is 5.82 Å². The van der Waals surface area contributed by atoms with Crippen molar-refractivity contribution in [2.45, 2.75) is 6.92 Å². The Labute approximate surface area is 191 Å². The molecule has 31 heavy (non-hydrogen) atoms. The van der Waals surface area contributed by atoms with Crippen LogP contribution in [0.3, 0.4) is 0 Å². The van der Waals surface area contributed by atoms with Crippen LogP contribution in [0.2, 0.25) is 0 Å². The Bertz CT molecular complexity index is 1340. The number of H-pyrrole nitrogens is 1. The van der Waals surface area contributed by atoms with Crippen molar-refractivity contribution in [3.05, 3.63) is 80.7 Å². The minimum Gasteiger partial charge on any atom is -0.396 e. The SMILES string of the molecule is CCl.Cc1cc2[nH]c(=O)c(-[n+]3ccccc3)c(-c3ccc(F)c(N)c3C=N)c2nc1Br. The highest BCUT2D eigenvalue weighted by Crippen LogP contribution is 2.35. The molecule has 6 nitrogen and oxygen atoms in total. The molecule has 0 saturated carbocycles. The first-order valence-corrected chi connectivity index (χ1v) is 10.6. The number of alkyl halides is 1. The molecule has 9 heteroatoms. The average Bonchev–Trinajstić information content (AvgIpc) is 2.78. The first-order chi connectivity index (χ1) is 14.9. The molecule has 4 N–H and O–H groups in total. The van der Waals surface area contributed by atoms with E-state index in [2.05, 4.69) is 37.5 Å². The van der Waals surface area contributed by atoms with Gasteiger partial charge in [0, 0.05) is 35.9 Å². The molecule has 0 amide bonds. The number of hydrogen-bond donors (Lipinski definition) is 3. The monoisotopic (exact) mass is 502 g/mol. The van der Waals surface area contributed by atoms with Gasteiger partial charge >= 0.3 is 5.56 Å². The molecule has 0 aliphatic heterocycles. The average molecular weight is 504 g/mol. The van der Waals surface area contributed by atoms with E-state index in [1.807, 2.05) is 19.1 Å². The van der Waals surface area contributed by atoms with Crippen molar-refractivity contribution in [2.24, 2.45) is 0 Å². The Kier molecular flexibility index (Phi) is 6.82. The normalized spacial score (nSPS) is 10.5. The number of nitrogens with zero attached hydrogens (tertiary/aromatic N) is 2. The Hall–Kier alpha value is -3.10. The standard InChI is InChI=1S/C21H15BrFN5O.CH3Cl/c1-11-9-15-18(27-20(11)22)16(12-5-6-14(23)17(25)13(12)10-24)19(21(29)26-15)28-7-3-2-4-8-28;1-2/h2-10H,1H3,(H3-,24,25,26,29);1H3/p+1. The number of hydrogen-bond acceptors (Lipinski definition) is 4. The van der Waals surface area contributed by atoms with Gasteiger partial charge in [0.1, 0.15) is 15.9 Å². The van der Waals surface area contributed by atoms with E-state index in [1.54, 1.807) is 29.1 Å². The summed E-state index contributed by atoms with van der Waals surface area (Å²) in [6.07, 6.45) is 5.93. The van der Waals surface area contributed by atoms with Crippen LogP contribution < -0.4 is 15.9 Å². The molecule has 0 saturated heterocycles. The summed E-state index contributed by atoms with van der Waals surface area (Å²) in [5.74, 6) is -0.625. The zero-order valence-electron chi connectivity index (χ0n) is 16.7. The van der Waals surface area contributed by atoms with Crippen LogP contribution in [0.5, 0.6) is 0 Å². The Morgan fingerprint density at radius 1 is 1.26 bits per heavy atom. The molecule has 1 aromatic carbocycles. The van der Waals surface area contributed by atoms with Crippen LogP contribution in [-0.2, 0) is 0 Å². The molecule has 0 radical (unpaired) electrons. The highest BCUT2D eigenvalue weighted by molar-refractivity contribution is 9.10. The second-order valence-electron chi connectivity index (χ2n) is 6.52. The molecule has 4 aromatic rings. The lowest BCUT2D eigenvalue weighted by atomic mass is 9.96. The maximum atomic E-state index is 14.1. The molecule has 0 aliphatic rings. The first-order valence-electron chi connectivity index (χ1n) is 9.08. The smallest absolute Gasteiger partial charge is 0.321 e. The fourth-order valence-corrected chi connectivity index (χ4v) is 3.61. The van der Waals surface area contributed by atoms with Gasteiger partial charge in [-0.25, -0.2) is 9.37 Å². The molecule has 0 fully saturated rings. The van der Waals surface area contributed by atoms with E-state index in [-0.39, 0.29) is 16.8 Å². The third kappa shape index (κ3) is 4.08. The molecular weight excluding hydrogens is 485 g/mol. The Balaban J connectivity index is 0.00000132. The van der Waals surface area contributed by atoms with Crippen molar-refractivity contribution in [3.63, 3.8) is 0 Å². The van der Waals surface area contributed by atoms with E-state index in [4.69, 9.17) is 11.1 Å². The highest BCUT2D eigenvalue weighted by atomic mass is 79.9. The summed E-state index contributed by atoms with van der Waals surface area (Å²) in [6, 6.07) is 9.98. The minimum absolute atomic E-state index is 0.152. The number of fused-ring (bicyclic) bond motifs is 1. The summed E-state index contributed by atoms with van der Waals surface area (Å²) in [6.45, 7) is 1.87. The van der Waals surface area contributed by atoms with E-state index in [0.717, 1.165) is 11.8 Å². The number of benzene rings is 1. The predicted octanol–water partition coefficient (Wildman–Crippen LogP) is 4.51. The van der Waals surface area contributed by atoms with Gasteiger partial charge in [0.25, 0.3) is 5.69 Å². The summed E-state index contributed by atoms with van der Waals surface area (Å²) in [4.78, 5) is 20.6. The first kappa shape index (κ1) is 22.6. The van der Waals surface area contributed by atoms with Gasteiger partial charge < -0.3 is 16.1 Å². The van der Waals surface area contributed by atoms with Crippen molar-refractivity contribution in [1.29, 1.82) is 5.41 Å². The van der Waals surface area contributed by atoms with Crippen molar-refractivity contribution in [1.82, 2.24) is 9.97 Å². The number of aromatic nitrogens is 3. The third-order valence-corrected chi connectivity index (χ3v) is 5.51. The lowest BCUT2D eigenvalue weighted by Gasteiger charge is -2.13. The number of nitrogens with one attached hydrogen (secondary N) is 2. The van der Waals surface area contributed by atoms with Crippen LogP contribution in [0, 0.1) is 18.2 Å². The second kappa shape index (κ2) is 9.36. The summed E-state index contributed by atoms with van der Waals surface area (Å²) in [7, 11) is 0. The lowest BCUT2D eigenvalue weighted by Crippen LogP contribution is -2.37. The van der Waals surface area contributed by atoms with Crippen LogP contribution in [0.4, 0.5) is 10.1 Å². The molecule has 0 spiro atoms. The van der Waals surface area contributed by atoms with E-state index in [1.165, 1.54) is 18.5 Å². The molecule has 4 rings (SSSR count). The number of aromatic amines is 1. The van der Waals surface area contributed by atoms with Gasteiger partial charge in [-0.15, -0.1) is 11.6 Å². The molecular formula is C22H19BrClFN5O+. The number of halogens is 3. The van der Waals surface area contributed by atoms with Crippen molar-refractivity contribution < 1.29 is 8.96 Å². The summed E-state index contributed by atoms with van der Waals surface area (Å²) < 4.78 is 16.4. The minimum atomic E-state index is -0.625. The van der Waals surface area contributed by atoms with Gasteiger partial charge in [0.05, 0.1) is 16.8 Å². The molecule has 0 bridgehead atoms. The molecule has 0 atom stereocenters. The number of anilines is 1. The van der Waals surface area contributed by atoms with Gasteiger partial charge in [0.2, 0.25) is 0 Å². The van der Waals surface area contributed by atoms with E-state index in [0.29, 0.717) is 32.5 Å². The third-order valence-electron chi connectivity index (χ3n) is 4.71. The molecule has 158 valence electrons.